The molecule has 134 valence electrons. The summed E-state index contributed by atoms with van der Waals surface area (Å²) >= 11 is 0. The van der Waals surface area contributed by atoms with E-state index in [0.29, 0.717) is 29.8 Å². The molecule has 2 rings (SSSR count). The molecule has 0 aliphatic rings. The molecule has 0 unspecified atom stereocenters. The number of nitrogens with one attached hydrogen (secondary N) is 1. The Kier molecular flexibility index (Phi) is 6.57. The summed E-state index contributed by atoms with van der Waals surface area (Å²) in [6.45, 7) is 2.19. The fourth-order valence-corrected chi connectivity index (χ4v) is 2.15. The number of nitrogen functional groups attached to an aromatic ring is 1. The van der Waals surface area contributed by atoms with Crippen LogP contribution < -0.4 is 11.1 Å². The van der Waals surface area contributed by atoms with Crippen LogP contribution in [0.5, 0.6) is 0 Å². The maximum Gasteiger partial charge on any atom is 0.407 e. The standard InChI is InChI=1S/C19H19N3O4/c1-14-11-17(22(24)25)12-16(18(14)20)9-5-6-10-21-19(23)26-13-15-7-3-2-4-8-15/h2-4,7-8,11-12H,6,10,13,20H2,1H3,(H,21,23). The van der Waals surface area contributed by atoms with Gasteiger partial charge in [-0.05, 0) is 18.1 Å². The minimum Gasteiger partial charge on any atom is -0.445 e. The molecule has 26 heavy (non-hydrogen) atoms. The fourth-order valence-electron chi connectivity index (χ4n) is 2.15. The van der Waals surface area contributed by atoms with Gasteiger partial charge in [0, 0.05) is 25.1 Å². The lowest BCUT2D eigenvalue weighted by Crippen LogP contribution is -2.24. The fraction of sp³-hybridized carbons (Fsp3) is 0.211. The molecule has 0 atom stereocenters. The number of nitrogens with zero attached hydrogens (tertiary/aromatic N) is 1. The normalized spacial score (nSPS) is 9.73. The average Bonchev–Trinajstić information content (AvgIpc) is 2.63. The molecule has 0 fully saturated rings. The van der Waals surface area contributed by atoms with Crippen molar-refractivity contribution in [1.29, 1.82) is 0 Å². The Balaban J connectivity index is 1.82. The summed E-state index contributed by atoms with van der Waals surface area (Å²) < 4.78 is 5.08. The van der Waals surface area contributed by atoms with E-state index in [0.717, 1.165) is 5.56 Å². The Morgan fingerprint density at radius 2 is 2.04 bits per heavy atom. The number of nitro groups is 1. The molecule has 0 heterocycles. The van der Waals surface area contributed by atoms with E-state index in [1.54, 1.807) is 6.92 Å². The van der Waals surface area contributed by atoms with Crippen LogP contribution >= 0.6 is 0 Å². The first kappa shape index (κ1) is 18.8. The molecule has 0 bridgehead atoms. The van der Waals surface area contributed by atoms with Crippen LogP contribution in [0.1, 0.15) is 23.1 Å². The molecular formula is C19H19N3O4. The van der Waals surface area contributed by atoms with Crippen molar-refractivity contribution in [3.8, 4) is 11.8 Å². The Morgan fingerprint density at radius 3 is 2.73 bits per heavy atom. The topological polar surface area (TPSA) is 107 Å². The Labute approximate surface area is 151 Å². The maximum atomic E-state index is 11.6. The average molecular weight is 353 g/mol. The van der Waals surface area contributed by atoms with Crippen molar-refractivity contribution in [3.05, 3.63) is 69.3 Å². The first-order chi connectivity index (χ1) is 12.5. The molecule has 3 N–H and O–H groups in total. The van der Waals surface area contributed by atoms with Gasteiger partial charge in [0.1, 0.15) is 6.61 Å². The number of hydrogen-bond acceptors (Lipinski definition) is 5. The lowest BCUT2D eigenvalue weighted by atomic mass is 10.1. The number of carbonyl (C=O) groups is 1. The zero-order chi connectivity index (χ0) is 18.9. The Morgan fingerprint density at radius 1 is 1.31 bits per heavy atom. The van der Waals surface area contributed by atoms with Gasteiger partial charge in [-0.3, -0.25) is 10.1 Å². The highest BCUT2D eigenvalue weighted by Crippen LogP contribution is 2.23. The van der Waals surface area contributed by atoms with Gasteiger partial charge in [-0.1, -0.05) is 42.2 Å². The van der Waals surface area contributed by atoms with Gasteiger partial charge in [0.15, 0.2) is 0 Å². The van der Waals surface area contributed by atoms with Gasteiger partial charge in [0.25, 0.3) is 5.69 Å². The van der Waals surface area contributed by atoms with E-state index < -0.39 is 11.0 Å². The minimum absolute atomic E-state index is 0.0522. The number of alkyl carbamates (subject to hydrolysis) is 1. The molecule has 0 aliphatic heterocycles. The number of rotatable bonds is 5. The van der Waals surface area contributed by atoms with E-state index in [1.807, 2.05) is 30.3 Å². The van der Waals surface area contributed by atoms with E-state index in [1.165, 1.54) is 12.1 Å². The maximum absolute atomic E-state index is 11.6. The van der Waals surface area contributed by atoms with Gasteiger partial charge in [-0.15, -0.1) is 0 Å². The summed E-state index contributed by atoms with van der Waals surface area (Å²) in [5.41, 5.74) is 8.17. The summed E-state index contributed by atoms with van der Waals surface area (Å²) in [4.78, 5) is 22.0. The molecule has 2 aromatic rings. The molecular weight excluding hydrogens is 334 g/mol. The quantitative estimate of drug-likeness (QED) is 0.282. The third kappa shape index (κ3) is 5.53. The van der Waals surface area contributed by atoms with Crippen molar-refractivity contribution in [2.75, 3.05) is 12.3 Å². The highest BCUT2D eigenvalue weighted by atomic mass is 16.6. The van der Waals surface area contributed by atoms with E-state index in [-0.39, 0.29) is 12.3 Å². The molecule has 1 amide bonds. The van der Waals surface area contributed by atoms with E-state index >= 15 is 0 Å². The van der Waals surface area contributed by atoms with E-state index in [9.17, 15) is 14.9 Å². The smallest absolute Gasteiger partial charge is 0.407 e. The van der Waals surface area contributed by atoms with Gasteiger partial charge in [-0.2, -0.15) is 0 Å². The van der Waals surface area contributed by atoms with E-state index in [4.69, 9.17) is 10.5 Å². The molecule has 0 spiro atoms. The summed E-state index contributed by atoms with van der Waals surface area (Å²) in [5.74, 6) is 5.65. The molecule has 0 radical (unpaired) electrons. The van der Waals surface area contributed by atoms with Gasteiger partial charge < -0.3 is 15.8 Å². The van der Waals surface area contributed by atoms with Crippen molar-refractivity contribution in [2.45, 2.75) is 20.0 Å². The molecule has 0 aromatic heterocycles. The van der Waals surface area contributed by atoms with Crippen LogP contribution in [0.15, 0.2) is 42.5 Å². The molecule has 0 saturated carbocycles. The van der Waals surface area contributed by atoms with Crippen LogP contribution in [0.3, 0.4) is 0 Å². The van der Waals surface area contributed by atoms with Crippen molar-refractivity contribution >= 4 is 17.5 Å². The first-order valence-corrected chi connectivity index (χ1v) is 7.95. The zero-order valence-electron chi connectivity index (χ0n) is 14.3. The van der Waals surface area contributed by atoms with Gasteiger partial charge in [0.2, 0.25) is 0 Å². The number of ether oxygens (including phenoxy) is 1. The van der Waals surface area contributed by atoms with Crippen LogP contribution in [0, 0.1) is 28.9 Å². The number of aryl methyl sites for hydroxylation is 1. The number of non-ortho nitro benzene ring substituents is 1. The summed E-state index contributed by atoms with van der Waals surface area (Å²) in [6.07, 6.45) is -0.164. The van der Waals surface area contributed by atoms with Crippen LogP contribution in [-0.2, 0) is 11.3 Å². The minimum atomic E-state index is -0.527. The molecule has 0 aliphatic carbocycles. The second-order valence-corrected chi connectivity index (χ2v) is 5.52. The zero-order valence-corrected chi connectivity index (χ0v) is 14.3. The van der Waals surface area contributed by atoms with E-state index in [2.05, 4.69) is 17.2 Å². The summed E-state index contributed by atoms with van der Waals surface area (Å²) in [7, 11) is 0. The lowest BCUT2D eigenvalue weighted by Gasteiger charge is -2.05. The number of nitrogens with two attached hydrogens (primary N) is 1. The van der Waals surface area contributed by atoms with Gasteiger partial charge in [0.05, 0.1) is 16.2 Å². The highest BCUT2D eigenvalue weighted by Gasteiger charge is 2.11. The monoisotopic (exact) mass is 353 g/mol. The SMILES string of the molecule is Cc1cc([N+](=O)[O-])cc(C#CCCNC(=O)OCc2ccccc2)c1N. The second-order valence-electron chi connectivity index (χ2n) is 5.52. The Bertz CT molecular complexity index is 854. The third-order valence-electron chi connectivity index (χ3n) is 3.54. The second kappa shape index (κ2) is 9.08. The molecule has 7 nitrogen and oxygen atoms in total. The predicted molar refractivity (Wildman–Crippen MR) is 98.4 cm³/mol. The van der Waals surface area contributed by atoms with Crippen molar-refractivity contribution in [2.24, 2.45) is 0 Å². The van der Waals surface area contributed by atoms with Crippen LogP contribution in [-0.4, -0.2) is 17.6 Å². The first-order valence-electron chi connectivity index (χ1n) is 7.95. The van der Waals surface area contributed by atoms with Crippen molar-refractivity contribution in [1.82, 2.24) is 5.32 Å². The van der Waals surface area contributed by atoms with Gasteiger partial charge in [-0.25, -0.2) is 4.79 Å². The Hall–Kier alpha value is -3.53. The number of amides is 1. The van der Waals surface area contributed by atoms with Crippen molar-refractivity contribution < 1.29 is 14.5 Å². The molecule has 7 heteroatoms. The largest absolute Gasteiger partial charge is 0.445 e. The highest BCUT2D eigenvalue weighted by molar-refractivity contribution is 5.67. The summed E-state index contributed by atoms with van der Waals surface area (Å²) in [6, 6.07) is 12.1. The number of anilines is 1. The number of hydrogen-bond donors (Lipinski definition) is 2. The van der Waals surface area contributed by atoms with Crippen LogP contribution in [0.25, 0.3) is 0 Å². The van der Waals surface area contributed by atoms with Gasteiger partial charge >= 0.3 is 6.09 Å². The van der Waals surface area contributed by atoms with Crippen molar-refractivity contribution in [3.63, 3.8) is 0 Å². The molecule has 2 aromatic carbocycles. The molecule has 0 saturated heterocycles. The number of nitro benzene ring substituents is 1. The number of benzene rings is 2. The predicted octanol–water partition coefficient (Wildman–Crippen LogP) is 3.15. The van der Waals surface area contributed by atoms with Crippen LogP contribution in [0.2, 0.25) is 0 Å². The summed E-state index contributed by atoms with van der Waals surface area (Å²) in [5, 5.41) is 13.5. The third-order valence-corrected chi connectivity index (χ3v) is 3.54. The lowest BCUT2D eigenvalue weighted by molar-refractivity contribution is -0.384. The van der Waals surface area contributed by atoms with Crippen LogP contribution in [0.4, 0.5) is 16.2 Å². The number of carbonyl (C=O) groups excluding carboxylic acids is 1.